The van der Waals surface area contributed by atoms with Crippen LogP contribution in [0.5, 0.6) is 0 Å². The molecule has 0 radical (unpaired) electrons. The van der Waals surface area contributed by atoms with Gasteiger partial charge in [0.15, 0.2) is 0 Å². The fraction of sp³-hybridized carbons (Fsp3) is 0.357. The molecule has 0 amide bonds. The summed E-state index contributed by atoms with van der Waals surface area (Å²) < 4.78 is 0. The minimum atomic E-state index is 0.286. The summed E-state index contributed by atoms with van der Waals surface area (Å²) in [4.78, 5) is 5.45. The number of nitrogens with one attached hydrogen (secondary N) is 1. The van der Waals surface area contributed by atoms with Crippen LogP contribution in [-0.2, 0) is 12.8 Å². The van der Waals surface area contributed by atoms with Gasteiger partial charge < -0.3 is 5.32 Å². The minimum Gasteiger partial charge on any atom is -0.309 e. The van der Waals surface area contributed by atoms with E-state index in [-0.39, 0.29) is 6.04 Å². The Hall–Kier alpha value is -1.19. The van der Waals surface area contributed by atoms with Gasteiger partial charge in [-0.25, -0.2) is 0 Å². The van der Waals surface area contributed by atoms with Crippen molar-refractivity contribution in [1.82, 2.24) is 10.3 Å². The van der Waals surface area contributed by atoms with Crippen LogP contribution in [0.25, 0.3) is 0 Å². The maximum Gasteiger partial charge on any atom is 0.0794 e. The first-order valence-corrected chi connectivity index (χ1v) is 6.94. The summed E-state index contributed by atoms with van der Waals surface area (Å²) in [7, 11) is 2.01. The predicted octanol–water partition coefficient (Wildman–Crippen LogP) is 2.94. The largest absolute Gasteiger partial charge is 0.309 e. The van der Waals surface area contributed by atoms with E-state index in [1.165, 1.54) is 40.8 Å². The zero-order valence-corrected chi connectivity index (χ0v) is 10.8. The number of aryl methyl sites for hydroxylation is 2. The number of nitrogens with zero attached hydrogens (tertiary/aromatic N) is 1. The van der Waals surface area contributed by atoms with Crippen molar-refractivity contribution >= 4 is 11.3 Å². The molecule has 0 bridgehead atoms. The summed E-state index contributed by atoms with van der Waals surface area (Å²) in [6.07, 6.45) is 5.76. The van der Waals surface area contributed by atoms with E-state index in [4.69, 9.17) is 0 Å². The lowest BCUT2D eigenvalue weighted by molar-refractivity contribution is 0.701. The molecule has 0 fully saturated rings. The molecule has 0 aliphatic heterocycles. The van der Waals surface area contributed by atoms with Crippen molar-refractivity contribution in [3.05, 3.63) is 51.5 Å². The number of hydrogen-bond acceptors (Lipinski definition) is 3. The van der Waals surface area contributed by atoms with Gasteiger partial charge in [-0.15, -0.1) is 11.3 Å². The highest BCUT2D eigenvalue weighted by Crippen LogP contribution is 2.29. The SMILES string of the molecule is CNC(c1ccc2c(c1)CCC2)c1cncs1. The molecule has 0 saturated heterocycles. The maximum absolute atomic E-state index is 4.17. The number of fused-ring (bicyclic) bond motifs is 1. The zero-order valence-electron chi connectivity index (χ0n) is 9.94. The smallest absolute Gasteiger partial charge is 0.0794 e. The van der Waals surface area contributed by atoms with Gasteiger partial charge in [0, 0.05) is 11.1 Å². The minimum absolute atomic E-state index is 0.286. The standard InChI is InChI=1S/C14H16N2S/c1-15-14(13-8-16-9-17-13)12-6-5-10-3-2-4-11(10)7-12/h5-9,14-15H,2-4H2,1H3. The molecular formula is C14H16N2S. The molecule has 2 aromatic rings. The lowest BCUT2D eigenvalue weighted by Crippen LogP contribution is -2.16. The van der Waals surface area contributed by atoms with E-state index in [0.717, 1.165) is 0 Å². The van der Waals surface area contributed by atoms with Crippen LogP contribution < -0.4 is 5.32 Å². The lowest BCUT2D eigenvalue weighted by atomic mass is 10.0. The summed E-state index contributed by atoms with van der Waals surface area (Å²) in [5, 5.41) is 3.38. The van der Waals surface area contributed by atoms with Crippen LogP contribution >= 0.6 is 11.3 Å². The van der Waals surface area contributed by atoms with Gasteiger partial charge in [-0.3, -0.25) is 4.98 Å². The van der Waals surface area contributed by atoms with E-state index >= 15 is 0 Å². The first kappa shape index (κ1) is 10.9. The van der Waals surface area contributed by atoms with Crippen LogP contribution in [0.3, 0.4) is 0 Å². The molecular weight excluding hydrogens is 228 g/mol. The molecule has 3 heteroatoms. The Kier molecular flexibility index (Phi) is 2.95. The van der Waals surface area contributed by atoms with Crippen molar-refractivity contribution in [2.24, 2.45) is 0 Å². The second kappa shape index (κ2) is 4.59. The van der Waals surface area contributed by atoms with Crippen molar-refractivity contribution in [2.45, 2.75) is 25.3 Å². The van der Waals surface area contributed by atoms with Crippen LogP contribution in [0.15, 0.2) is 29.9 Å². The normalized spacial score (nSPS) is 15.8. The first-order valence-electron chi connectivity index (χ1n) is 6.06. The number of benzene rings is 1. The molecule has 1 aliphatic rings. The van der Waals surface area contributed by atoms with Crippen molar-refractivity contribution in [2.75, 3.05) is 7.05 Å². The van der Waals surface area contributed by atoms with Crippen LogP contribution in [0, 0.1) is 0 Å². The molecule has 88 valence electrons. The highest BCUT2D eigenvalue weighted by molar-refractivity contribution is 7.09. The van der Waals surface area contributed by atoms with E-state index < -0.39 is 0 Å². The van der Waals surface area contributed by atoms with Gasteiger partial charge in [0.2, 0.25) is 0 Å². The van der Waals surface area contributed by atoms with E-state index in [2.05, 4.69) is 28.5 Å². The average Bonchev–Trinajstić information content (AvgIpc) is 2.99. The van der Waals surface area contributed by atoms with Gasteiger partial charge in [-0.2, -0.15) is 0 Å². The molecule has 1 aromatic carbocycles. The van der Waals surface area contributed by atoms with Crippen LogP contribution in [0.1, 0.15) is 34.0 Å². The lowest BCUT2D eigenvalue weighted by Gasteiger charge is -2.15. The van der Waals surface area contributed by atoms with E-state index in [1.54, 1.807) is 11.3 Å². The second-order valence-corrected chi connectivity index (χ2v) is 5.43. The molecule has 0 spiro atoms. The molecule has 3 rings (SSSR count). The Morgan fingerprint density at radius 2 is 2.18 bits per heavy atom. The van der Waals surface area contributed by atoms with Gasteiger partial charge in [0.1, 0.15) is 0 Å². The Morgan fingerprint density at radius 3 is 2.94 bits per heavy atom. The Labute approximate surface area is 106 Å². The summed E-state index contributed by atoms with van der Waals surface area (Å²) in [5.74, 6) is 0. The van der Waals surface area contributed by atoms with E-state index in [0.29, 0.717) is 0 Å². The van der Waals surface area contributed by atoms with Gasteiger partial charge in [0.25, 0.3) is 0 Å². The zero-order chi connectivity index (χ0) is 11.7. The second-order valence-electron chi connectivity index (χ2n) is 4.51. The average molecular weight is 244 g/mol. The monoisotopic (exact) mass is 244 g/mol. The van der Waals surface area contributed by atoms with Crippen molar-refractivity contribution in [1.29, 1.82) is 0 Å². The highest BCUT2D eigenvalue weighted by atomic mass is 32.1. The predicted molar refractivity (Wildman–Crippen MR) is 71.5 cm³/mol. The van der Waals surface area contributed by atoms with Crippen LogP contribution in [0.4, 0.5) is 0 Å². The van der Waals surface area contributed by atoms with Crippen molar-refractivity contribution < 1.29 is 0 Å². The maximum atomic E-state index is 4.17. The van der Waals surface area contributed by atoms with Gasteiger partial charge in [0.05, 0.1) is 11.6 Å². The highest BCUT2D eigenvalue weighted by Gasteiger charge is 2.17. The number of rotatable bonds is 3. The molecule has 1 N–H and O–H groups in total. The van der Waals surface area contributed by atoms with E-state index in [9.17, 15) is 0 Å². The van der Waals surface area contributed by atoms with Crippen molar-refractivity contribution in [3.8, 4) is 0 Å². The van der Waals surface area contributed by atoms with E-state index in [1.807, 2.05) is 18.8 Å². The van der Waals surface area contributed by atoms with Gasteiger partial charge in [-0.05, 0) is 43.0 Å². The molecule has 1 heterocycles. The number of aromatic nitrogens is 1. The van der Waals surface area contributed by atoms with Crippen LogP contribution in [-0.4, -0.2) is 12.0 Å². The third-order valence-electron chi connectivity index (χ3n) is 3.48. The third-order valence-corrected chi connectivity index (χ3v) is 4.32. The summed E-state index contributed by atoms with van der Waals surface area (Å²) in [6.45, 7) is 0. The Bertz CT molecular complexity index is 505. The van der Waals surface area contributed by atoms with Gasteiger partial charge >= 0.3 is 0 Å². The summed E-state index contributed by atoms with van der Waals surface area (Å²) >= 11 is 1.71. The summed E-state index contributed by atoms with van der Waals surface area (Å²) in [6, 6.07) is 7.20. The fourth-order valence-electron chi connectivity index (χ4n) is 2.61. The molecule has 0 saturated carbocycles. The fourth-order valence-corrected chi connectivity index (χ4v) is 3.37. The summed E-state index contributed by atoms with van der Waals surface area (Å²) in [5.41, 5.74) is 6.32. The van der Waals surface area contributed by atoms with Gasteiger partial charge in [-0.1, -0.05) is 18.2 Å². The first-order chi connectivity index (χ1) is 8.38. The Morgan fingerprint density at radius 1 is 1.29 bits per heavy atom. The number of thiazole rings is 1. The molecule has 1 aliphatic carbocycles. The Balaban J connectivity index is 1.97. The third kappa shape index (κ3) is 2.01. The molecule has 1 unspecified atom stereocenters. The molecule has 17 heavy (non-hydrogen) atoms. The van der Waals surface area contributed by atoms with Crippen molar-refractivity contribution in [3.63, 3.8) is 0 Å². The number of hydrogen-bond donors (Lipinski definition) is 1. The molecule has 2 nitrogen and oxygen atoms in total. The quantitative estimate of drug-likeness (QED) is 0.898. The topological polar surface area (TPSA) is 24.9 Å². The van der Waals surface area contributed by atoms with Crippen LogP contribution in [0.2, 0.25) is 0 Å². The molecule has 1 aromatic heterocycles. The molecule has 1 atom stereocenters.